The molecule has 2 rings (SSSR count). The van der Waals surface area contributed by atoms with Crippen LogP contribution in [-0.4, -0.2) is 10.9 Å². The zero-order valence-corrected chi connectivity index (χ0v) is 12.4. The third-order valence-electron chi connectivity index (χ3n) is 2.83. The van der Waals surface area contributed by atoms with E-state index in [0.717, 1.165) is 5.56 Å². The Hall–Kier alpha value is -1.88. The highest BCUT2D eigenvalue weighted by Crippen LogP contribution is 2.18. The summed E-state index contributed by atoms with van der Waals surface area (Å²) < 4.78 is 19.8. The van der Waals surface area contributed by atoms with Gasteiger partial charge in [0.05, 0.1) is 5.71 Å². The third-order valence-corrected chi connectivity index (χ3v) is 3.32. The summed E-state index contributed by atoms with van der Waals surface area (Å²) in [5.74, 6) is 0.320. The fourth-order valence-electron chi connectivity index (χ4n) is 1.65. The fourth-order valence-corrected chi connectivity index (χ4v) is 1.98. The number of nitrogens with zero attached hydrogens (tertiary/aromatic N) is 1. The molecule has 0 bridgehead atoms. The summed E-state index contributed by atoms with van der Waals surface area (Å²) in [6, 6.07) is 11.9. The third kappa shape index (κ3) is 3.57. The monoisotopic (exact) mass is 337 g/mol. The van der Waals surface area contributed by atoms with Crippen LogP contribution in [0.2, 0.25) is 0 Å². The molecule has 0 saturated carbocycles. The van der Waals surface area contributed by atoms with E-state index in [9.17, 15) is 4.39 Å². The lowest BCUT2D eigenvalue weighted by Crippen LogP contribution is -1.99. The van der Waals surface area contributed by atoms with Gasteiger partial charge in [-0.1, -0.05) is 27.2 Å². The largest absolute Gasteiger partial charge is 0.489 e. The van der Waals surface area contributed by atoms with E-state index in [0.29, 0.717) is 21.5 Å². The second kappa shape index (κ2) is 6.52. The van der Waals surface area contributed by atoms with Crippen LogP contribution in [0.4, 0.5) is 4.39 Å². The van der Waals surface area contributed by atoms with E-state index in [-0.39, 0.29) is 12.4 Å². The van der Waals surface area contributed by atoms with Crippen molar-refractivity contribution in [3.63, 3.8) is 0 Å². The van der Waals surface area contributed by atoms with E-state index >= 15 is 0 Å². The van der Waals surface area contributed by atoms with Crippen LogP contribution in [0.1, 0.15) is 18.1 Å². The molecular weight excluding hydrogens is 325 g/mol. The summed E-state index contributed by atoms with van der Waals surface area (Å²) in [5, 5.41) is 11.8. The van der Waals surface area contributed by atoms with Crippen LogP contribution in [-0.2, 0) is 6.61 Å². The molecule has 0 amide bonds. The molecule has 0 aliphatic carbocycles. The van der Waals surface area contributed by atoms with Crippen LogP contribution >= 0.6 is 15.9 Å². The Morgan fingerprint density at radius 2 is 1.95 bits per heavy atom. The SMILES string of the molecule is C/C(=N\O)c1ccc(OCc2ccc(Br)cc2F)cc1. The van der Waals surface area contributed by atoms with Gasteiger partial charge < -0.3 is 9.94 Å². The van der Waals surface area contributed by atoms with Crippen LogP contribution in [0.15, 0.2) is 52.1 Å². The zero-order valence-electron chi connectivity index (χ0n) is 10.8. The van der Waals surface area contributed by atoms with Crippen molar-refractivity contribution >= 4 is 21.6 Å². The summed E-state index contributed by atoms with van der Waals surface area (Å²) in [7, 11) is 0. The second-order valence-electron chi connectivity index (χ2n) is 4.23. The van der Waals surface area contributed by atoms with Gasteiger partial charge in [-0.25, -0.2) is 4.39 Å². The maximum atomic E-state index is 13.6. The Bertz CT molecular complexity index is 626. The van der Waals surface area contributed by atoms with Crippen LogP contribution in [0.25, 0.3) is 0 Å². The minimum absolute atomic E-state index is 0.158. The van der Waals surface area contributed by atoms with Gasteiger partial charge in [0.2, 0.25) is 0 Å². The average Bonchev–Trinajstić information content (AvgIpc) is 2.46. The van der Waals surface area contributed by atoms with Gasteiger partial charge in [-0.3, -0.25) is 0 Å². The van der Waals surface area contributed by atoms with Gasteiger partial charge in [0.25, 0.3) is 0 Å². The van der Waals surface area contributed by atoms with E-state index in [1.165, 1.54) is 6.07 Å². The summed E-state index contributed by atoms with van der Waals surface area (Å²) in [4.78, 5) is 0. The zero-order chi connectivity index (χ0) is 14.5. The maximum Gasteiger partial charge on any atom is 0.130 e. The molecule has 0 aliphatic rings. The smallest absolute Gasteiger partial charge is 0.130 e. The molecule has 0 atom stereocenters. The minimum atomic E-state index is -0.306. The Morgan fingerprint density at radius 1 is 1.25 bits per heavy atom. The van der Waals surface area contributed by atoms with Gasteiger partial charge >= 0.3 is 0 Å². The summed E-state index contributed by atoms with van der Waals surface area (Å²) in [6.45, 7) is 1.86. The van der Waals surface area contributed by atoms with Crippen molar-refractivity contribution in [2.45, 2.75) is 13.5 Å². The quantitative estimate of drug-likeness (QED) is 0.511. The lowest BCUT2D eigenvalue weighted by molar-refractivity contribution is 0.299. The normalized spacial score (nSPS) is 11.4. The van der Waals surface area contributed by atoms with Crippen LogP contribution in [0.5, 0.6) is 5.75 Å². The van der Waals surface area contributed by atoms with E-state index in [2.05, 4.69) is 21.1 Å². The Labute approximate surface area is 124 Å². The first-order valence-electron chi connectivity index (χ1n) is 5.96. The number of oxime groups is 1. The molecule has 0 unspecified atom stereocenters. The molecule has 0 radical (unpaired) electrons. The molecule has 0 spiro atoms. The van der Waals surface area contributed by atoms with E-state index in [1.54, 1.807) is 43.3 Å². The van der Waals surface area contributed by atoms with Crippen molar-refractivity contribution in [2.24, 2.45) is 5.16 Å². The Morgan fingerprint density at radius 3 is 2.55 bits per heavy atom. The van der Waals surface area contributed by atoms with Gasteiger partial charge in [-0.15, -0.1) is 0 Å². The number of hydrogen-bond donors (Lipinski definition) is 1. The lowest BCUT2D eigenvalue weighted by atomic mass is 10.1. The number of hydrogen-bond acceptors (Lipinski definition) is 3. The molecule has 2 aromatic carbocycles. The average molecular weight is 338 g/mol. The summed E-state index contributed by atoms with van der Waals surface area (Å²) in [5.41, 5.74) is 1.82. The van der Waals surface area contributed by atoms with E-state index < -0.39 is 0 Å². The Balaban J connectivity index is 2.04. The maximum absolute atomic E-state index is 13.6. The molecule has 0 saturated heterocycles. The lowest BCUT2D eigenvalue weighted by Gasteiger charge is -2.08. The number of ether oxygens (including phenoxy) is 1. The molecule has 104 valence electrons. The summed E-state index contributed by atoms with van der Waals surface area (Å²) in [6.07, 6.45) is 0. The highest BCUT2D eigenvalue weighted by Gasteiger charge is 2.04. The molecule has 1 N–H and O–H groups in total. The van der Waals surface area contributed by atoms with Crippen LogP contribution in [0.3, 0.4) is 0 Å². The van der Waals surface area contributed by atoms with Crippen molar-refractivity contribution in [3.8, 4) is 5.75 Å². The van der Waals surface area contributed by atoms with Crippen molar-refractivity contribution in [1.82, 2.24) is 0 Å². The Kier molecular flexibility index (Phi) is 4.74. The van der Waals surface area contributed by atoms with E-state index in [1.807, 2.05) is 0 Å². The summed E-state index contributed by atoms with van der Waals surface area (Å²) >= 11 is 3.21. The number of rotatable bonds is 4. The fraction of sp³-hybridized carbons (Fsp3) is 0.133. The predicted molar refractivity (Wildman–Crippen MR) is 78.9 cm³/mol. The minimum Gasteiger partial charge on any atom is -0.489 e. The highest BCUT2D eigenvalue weighted by atomic mass is 79.9. The highest BCUT2D eigenvalue weighted by molar-refractivity contribution is 9.10. The van der Waals surface area contributed by atoms with Crippen molar-refractivity contribution in [2.75, 3.05) is 0 Å². The van der Waals surface area contributed by atoms with Gasteiger partial charge in [-0.2, -0.15) is 0 Å². The van der Waals surface area contributed by atoms with Crippen LogP contribution in [0, 0.1) is 5.82 Å². The van der Waals surface area contributed by atoms with Crippen molar-refractivity contribution < 1.29 is 14.3 Å². The van der Waals surface area contributed by atoms with Gasteiger partial charge in [0, 0.05) is 10.0 Å². The van der Waals surface area contributed by atoms with E-state index in [4.69, 9.17) is 9.94 Å². The predicted octanol–water partition coefficient (Wildman–Crippen LogP) is 4.37. The molecule has 0 aromatic heterocycles. The van der Waals surface area contributed by atoms with Gasteiger partial charge in [0.15, 0.2) is 0 Å². The first-order chi connectivity index (χ1) is 9.60. The molecule has 0 heterocycles. The molecule has 5 heteroatoms. The van der Waals surface area contributed by atoms with Crippen molar-refractivity contribution in [1.29, 1.82) is 0 Å². The van der Waals surface area contributed by atoms with Crippen LogP contribution < -0.4 is 4.74 Å². The number of benzene rings is 2. The topological polar surface area (TPSA) is 41.8 Å². The second-order valence-corrected chi connectivity index (χ2v) is 5.15. The molecule has 3 nitrogen and oxygen atoms in total. The number of halogens is 2. The molecule has 0 aliphatic heterocycles. The molecule has 2 aromatic rings. The van der Waals surface area contributed by atoms with Gasteiger partial charge in [-0.05, 0) is 48.9 Å². The molecular formula is C15H13BrFNO2. The van der Waals surface area contributed by atoms with Crippen molar-refractivity contribution in [3.05, 3.63) is 63.9 Å². The standard InChI is InChI=1S/C15H13BrFNO2/c1-10(18-19)11-3-6-14(7-4-11)20-9-12-2-5-13(16)8-15(12)17/h2-8,19H,9H2,1H3/b18-10+. The molecule has 20 heavy (non-hydrogen) atoms. The molecule has 0 fully saturated rings. The van der Waals surface area contributed by atoms with Gasteiger partial charge in [0.1, 0.15) is 18.2 Å². The first kappa shape index (κ1) is 14.5. The first-order valence-corrected chi connectivity index (χ1v) is 6.75.